The zero-order chi connectivity index (χ0) is 15.4. The van der Waals surface area contributed by atoms with Gasteiger partial charge in [0.1, 0.15) is 0 Å². The van der Waals surface area contributed by atoms with Gasteiger partial charge >= 0.3 is 5.97 Å². The predicted molar refractivity (Wildman–Crippen MR) is 84.6 cm³/mol. The van der Waals surface area contributed by atoms with Gasteiger partial charge in [-0.2, -0.15) is 0 Å². The first-order chi connectivity index (χ1) is 9.72. The third-order valence-electron chi connectivity index (χ3n) is 2.46. The quantitative estimate of drug-likeness (QED) is 0.669. The summed E-state index contributed by atoms with van der Waals surface area (Å²) in [5.74, 6) is -0.394. The highest BCUT2D eigenvalue weighted by molar-refractivity contribution is 5.83. The number of benzene rings is 1. The summed E-state index contributed by atoms with van der Waals surface area (Å²) in [6, 6.07) is 8.29. The SMILES string of the molecule is C=CC(=O)OC.CC.NCCc1c[nH]c2ccccc12. The number of carbonyl (C=O) groups is 1. The largest absolute Gasteiger partial charge is 0.466 e. The van der Waals surface area contributed by atoms with E-state index in [9.17, 15) is 4.79 Å². The molecular formula is C16H24N2O2. The number of nitrogens with two attached hydrogens (primary N) is 1. The van der Waals surface area contributed by atoms with Crippen LogP contribution in [-0.4, -0.2) is 24.6 Å². The van der Waals surface area contributed by atoms with Crippen molar-refractivity contribution in [3.05, 3.63) is 48.7 Å². The number of esters is 1. The van der Waals surface area contributed by atoms with Crippen molar-refractivity contribution in [2.45, 2.75) is 20.3 Å². The van der Waals surface area contributed by atoms with E-state index in [1.54, 1.807) is 0 Å². The van der Waals surface area contributed by atoms with Gasteiger partial charge in [0.15, 0.2) is 0 Å². The van der Waals surface area contributed by atoms with Crippen LogP contribution in [0.2, 0.25) is 0 Å². The van der Waals surface area contributed by atoms with Crippen molar-refractivity contribution in [3.8, 4) is 0 Å². The van der Waals surface area contributed by atoms with E-state index >= 15 is 0 Å². The van der Waals surface area contributed by atoms with E-state index in [0.717, 1.165) is 12.5 Å². The van der Waals surface area contributed by atoms with E-state index in [0.29, 0.717) is 6.54 Å². The van der Waals surface area contributed by atoms with Crippen molar-refractivity contribution < 1.29 is 9.53 Å². The maximum Gasteiger partial charge on any atom is 0.329 e. The lowest BCUT2D eigenvalue weighted by Crippen LogP contribution is -2.01. The molecule has 0 atom stereocenters. The topological polar surface area (TPSA) is 68.1 Å². The van der Waals surface area contributed by atoms with Crippen molar-refractivity contribution in [1.29, 1.82) is 0 Å². The number of rotatable bonds is 3. The van der Waals surface area contributed by atoms with Gasteiger partial charge in [0, 0.05) is 23.2 Å². The number of aromatic nitrogens is 1. The number of carbonyl (C=O) groups excluding carboxylic acids is 1. The monoisotopic (exact) mass is 276 g/mol. The molecule has 110 valence electrons. The molecule has 4 nitrogen and oxygen atoms in total. The fraction of sp³-hybridized carbons (Fsp3) is 0.312. The molecule has 3 N–H and O–H groups in total. The molecule has 0 bridgehead atoms. The molecule has 0 radical (unpaired) electrons. The minimum absolute atomic E-state index is 0.394. The van der Waals surface area contributed by atoms with Crippen molar-refractivity contribution in [1.82, 2.24) is 4.98 Å². The molecule has 20 heavy (non-hydrogen) atoms. The number of hydrogen-bond donors (Lipinski definition) is 2. The molecular weight excluding hydrogens is 252 g/mol. The van der Waals surface area contributed by atoms with Gasteiger partial charge < -0.3 is 15.5 Å². The first kappa shape index (κ1) is 17.9. The highest BCUT2D eigenvalue weighted by Crippen LogP contribution is 2.17. The summed E-state index contributed by atoms with van der Waals surface area (Å²) < 4.78 is 4.14. The average Bonchev–Trinajstić information content (AvgIpc) is 2.93. The van der Waals surface area contributed by atoms with E-state index in [-0.39, 0.29) is 0 Å². The van der Waals surface area contributed by atoms with Crippen LogP contribution in [0.15, 0.2) is 43.1 Å². The summed E-state index contributed by atoms with van der Waals surface area (Å²) >= 11 is 0. The van der Waals surface area contributed by atoms with Crippen LogP contribution >= 0.6 is 0 Å². The molecule has 2 aromatic rings. The lowest BCUT2D eigenvalue weighted by atomic mass is 10.1. The number of para-hydroxylation sites is 1. The van der Waals surface area contributed by atoms with Crippen LogP contribution in [0, 0.1) is 0 Å². The van der Waals surface area contributed by atoms with E-state index < -0.39 is 5.97 Å². The van der Waals surface area contributed by atoms with Gasteiger partial charge in [-0.1, -0.05) is 38.6 Å². The maximum absolute atomic E-state index is 9.84. The Labute approximate surface area is 120 Å². The summed E-state index contributed by atoms with van der Waals surface area (Å²) in [4.78, 5) is 13.1. The number of hydrogen-bond acceptors (Lipinski definition) is 3. The highest BCUT2D eigenvalue weighted by Gasteiger charge is 1.99. The van der Waals surface area contributed by atoms with E-state index in [4.69, 9.17) is 5.73 Å². The van der Waals surface area contributed by atoms with Crippen LogP contribution in [-0.2, 0) is 16.0 Å². The van der Waals surface area contributed by atoms with Crippen molar-refractivity contribution in [2.24, 2.45) is 5.73 Å². The van der Waals surface area contributed by atoms with Crippen molar-refractivity contribution in [2.75, 3.05) is 13.7 Å². The molecule has 0 fully saturated rings. The third kappa shape index (κ3) is 5.71. The lowest BCUT2D eigenvalue weighted by molar-refractivity contribution is -0.134. The van der Waals surface area contributed by atoms with Gasteiger partial charge in [0.2, 0.25) is 0 Å². The Morgan fingerprint density at radius 1 is 1.40 bits per heavy atom. The molecule has 1 aromatic carbocycles. The zero-order valence-electron chi connectivity index (χ0n) is 12.5. The van der Waals surface area contributed by atoms with Crippen molar-refractivity contribution in [3.63, 3.8) is 0 Å². The summed E-state index contributed by atoms with van der Waals surface area (Å²) in [6.07, 6.45) is 4.10. The number of nitrogens with one attached hydrogen (secondary N) is 1. The van der Waals surface area contributed by atoms with Crippen LogP contribution < -0.4 is 5.73 Å². The zero-order valence-corrected chi connectivity index (χ0v) is 12.5. The van der Waals surface area contributed by atoms with Crippen LogP contribution in [0.1, 0.15) is 19.4 Å². The fourth-order valence-corrected chi connectivity index (χ4v) is 1.58. The molecule has 0 spiro atoms. The molecule has 2 rings (SSSR count). The molecule has 0 saturated heterocycles. The van der Waals surface area contributed by atoms with Crippen LogP contribution in [0.4, 0.5) is 0 Å². The first-order valence-corrected chi connectivity index (χ1v) is 6.68. The van der Waals surface area contributed by atoms with Gasteiger partial charge in [-0.05, 0) is 24.6 Å². The highest BCUT2D eigenvalue weighted by atomic mass is 16.5. The van der Waals surface area contributed by atoms with Gasteiger partial charge in [-0.15, -0.1) is 0 Å². The summed E-state index contributed by atoms with van der Waals surface area (Å²) in [5, 5.41) is 1.29. The Balaban J connectivity index is 0.000000387. The molecule has 0 aliphatic heterocycles. The smallest absolute Gasteiger partial charge is 0.329 e. The summed E-state index contributed by atoms with van der Waals surface area (Å²) in [5.41, 5.74) is 8.01. The number of H-pyrrole nitrogens is 1. The average molecular weight is 276 g/mol. The van der Waals surface area contributed by atoms with Crippen LogP contribution in [0.3, 0.4) is 0 Å². The number of ether oxygens (including phenoxy) is 1. The molecule has 0 aliphatic carbocycles. The Bertz CT molecular complexity index is 518. The first-order valence-electron chi connectivity index (χ1n) is 6.68. The third-order valence-corrected chi connectivity index (χ3v) is 2.46. The van der Waals surface area contributed by atoms with Crippen molar-refractivity contribution >= 4 is 16.9 Å². The minimum Gasteiger partial charge on any atom is -0.466 e. The Morgan fingerprint density at radius 2 is 2.05 bits per heavy atom. The van der Waals surface area contributed by atoms with Gasteiger partial charge in [0.25, 0.3) is 0 Å². The van der Waals surface area contributed by atoms with Crippen LogP contribution in [0.5, 0.6) is 0 Å². The Hall–Kier alpha value is -2.07. The van der Waals surface area contributed by atoms with Gasteiger partial charge in [-0.25, -0.2) is 4.79 Å². The molecule has 1 aromatic heterocycles. The van der Waals surface area contributed by atoms with Gasteiger partial charge in [-0.3, -0.25) is 0 Å². The van der Waals surface area contributed by atoms with E-state index in [1.807, 2.05) is 26.1 Å². The normalized spacial score (nSPS) is 8.80. The second kappa shape index (κ2) is 10.8. The van der Waals surface area contributed by atoms with E-state index in [2.05, 4.69) is 34.5 Å². The fourth-order valence-electron chi connectivity index (χ4n) is 1.58. The number of methoxy groups -OCH3 is 1. The number of fused-ring (bicyclic) bond motifs is 1. The molecule has 0 amide bonds. The lowest BCUT2D eigenvalue weighted by Gasteiger charge is -1.93. The van der Waals surface area contributed by atoms with Gasteiger partial charge in [0.05, 0.1) is 7.11 Å². The molecule has 0 aliphatic rings. The van der Waals surface area contributed by atoms with E-state index in [1.165, 1.54) is 23.6 Å². The molecule has 0 unspecified atom stereocenters. The second-order valence-electron chi connectivity index (χ2n) is 3.63. The molecule has 4 heteroatoms. The molecule has 0 saturated carbocycles. The summed E-state index contributed by atoms with van der Waals surface area (Å²) in [7, 11) is 1.31. The number of aromatic amines is 1. The Kier molecular flexibility index (Phi) is 9.70. The Morgan fingerprint density at radius 3 is 2.55 bits per heavy atom. The van der Waals surface area contributed by atoms with Crippen LogP contribution in [0.25, 0.3) is 10.9 Å². The molecule has 1 heterocycles. The minimum atomic E-state index is -0.394. The summed E-state index contributed by atoms with van der Waals surface area (Å²) in [6.45, 7) is 7.87. The predicted octanol–water partition coefficient (Wildman–Crippen LogP) is 3.04. The standard InChI is InChI=1S/C10H12N2.C4H6O2.C2H6/c11-6-5-8-7-12-10-4-2-1-3-9(8)10;1-3-4(5)6-2;1-2/h1-4,7,12H,5-6,11H2;3H,1H2,2H3;1-2H3. The second-order valence-corrected chi connectivity index (χ2v) is 3.63. The maximum atomic E-state index is 9.84.